The van der Waals surface area contributed by atoms with E-state index < -0.39 is 5.60 Å². The Morgan fingerprint density at radius 3 is 2.82 bits per heavy atom. The fourth-order valence-electron chi connectivity index (χ4n) is 2.75. The molecule has 0 aliphatic rings. The van der Waals surface area contributed by atoms with Gasteiger partial charge >= 0.3 is 0 Å². The highest BCUT2D eigenvalue weighted by Crippen LogP contribution is 2.24. The number of nitrogens with two attached hydrogens (primary N) is 1. The van der Waals surface area contributed by atoms with E-state index in [0.29, 0.717) is 22.2 Å². The zero-order chi connectivity index (χ0) is 19.7. The molecule has 0 fully saturated rings. The number of pyridine rings is 1. The van der Waals surface area contributed by atoms with Crippen LogP contribution in [0.2, 0.25) is 0 Å². The van der Waals surface area contributed by atoms with E-state index in [9.17, 15) is 5.11 Å². The summed E-state index contributed by atoms with van der Waals surface area (Å²) in [4.78, 5) is 17.4. The first-order valence-corrected chi connectivity index (χ1v) is 9.46. The van der Waals surface area contributed by atoms with Crippen molar-refractivity contribution in [3.8, 4) is 23.2 Å². The molecular weight excluding hydrogens is 370 g/mol. The lowest BCUT2D eigenvalue weighted by Crippen LogP contribution is -2.17. The quantitative estimate of drug-likeness (QED) is 0.512. The van der Waals surface area contributed by atoms with Gasteiger partial charge in [-0.3, -0.25) is 0 Å². The van der Waals surface area contributed by atoms with Crippen molar-refractivity contribution in [1.29, 1.82) is 0 Å². The predicted molar refractivity (Wildman–Crippen MR) is 110 cm³/mol. The Kier molecular flexibility index (Phi) is 4.51. The Hall–Kier alpha value is -3.34. The molecule has 138 valence electrons. The summed E-state index contributed by atoms with van der Waals surface area (Å²) in [7, 11) is 0. The topological polar surface area (TPSA) is 97.8 Å². The minimum absolute atomic E-state index is 0.375. The number of benzene rings is 1. The van der Waals surface area contributed by atoms with Crippen LogP contribution in [0, 0.1) is 18.8 Å². The van der Waals surface area contributed by atoms with Gasteiger partial charge in [-0.2, -0.15) is 0 Å². The minimum atomic E-state index is -1.30. The summed E-state index contributed by atoms with van der Waals surface area (Å²) in [5.74, 6) is 6.82. The van der Waals surface area contributed by atoms with Gasteiger partial charge in [-0.25, -0.2) is 19.9 Å². The third-order valence-corrected chi connectivity index (χ3v) is 5.26. The molecule has 0 aliphatic carbocycles. The molecule has 1 atom stereocenters. The second kappa shape index (κ2) is 7.00. The minimum Gasteiger partial charge on any atom is -0.382 e. The molecule has 3 heterocycles. The molecule has 3 N–H and O–H groups in total. The van der Waals surface area contributed by atoms with Crippen LogP contribution in [0.25, 0.3) is 22.3 Å². The van der Waals surface area contributed by atoms with Crippen LogP contribution < -0.4 is 5.73 Å². The number of hydrogen-bond acceptors (Lipinski definition) is 7. The van der Waals surface area contributed by atoms with E-state index in [1.165, 1.54) is 11.3 Å². The smallest absolute Gasteiger partial charge is 0.174 e. The van der Waals surface area contributed by atoms with Gasteiger partial charge in [0.15, 0.2) is 11.4 Å². The van der Waals surface area contributed by atoms with E-state index >= 15 is 0 Å². The molecule has 1 unspecified atom stereocenters. The van der Waals surface area contributed by atoms with Gasteiger partial charge in [-0.05, 0) is 31.5 Å². The number of fused-ring (bicyclic) bond motifs is 1. The van der Waals surface area contributed by atoms with Gasteiger partial charge in [-0.15, -0.1) is 11.3 Å². The van der Waals surface area contributed by atoms with Gasteiger partial charge in [0.05, 0.1) is 0 Å². The van der Waals surface area contributed by atoms with Gasteiger partial charge in [-0.1, -0.05) is 24.0 Å². The fraction of sp³-hybridized carbons (Fsp3) is 0.143. The predicted octanol–water partition coefficient (Wildman–Crippen LogP) is 3.30. The first-order valence-electron chi connectivity index (χ1n) is 8.58. The highest BCUT2D eigenvalue weighted by molar-refractivity contribution is 7.09. The summed E-state index contributed by atoms with van der Waals surface area (Å²) in [5, 5.41) is 13.8. The van der Waals surface area contributed by atoms with Crippen LogP contribution in [0.15, 0.2) is 48.2 Å². The van der Waals surface area contributed by atoms with E-state index in [0.717, 1.165) is 22.1 Å². The number of aryl methyl sites for hydroxylation is 1. The summed E-state index contributed by atoms with van der Waals surface area (Å²) in [5.41, 5.74) is 7.84. The molecular formula is C21H17N5OS. The van der Waals surface area contributed by atoms with E-state index in [-0.39, 0.29) is 0 Å². The third kappa shape index (κ3) is 3.43. The average Bonchev–Trinajstić information content (AvgIpc) is 3.25. The SMILES string of the molecule is Cc1cnc(N)c2nc(-c3cccc(C#CC(C)(O)c4nccs4)c3)ncc12. The maximum atomic E-state index is 10.5. The Bertz CT molecular complexity index is 1220. The van der Waals surface area contributed by atoms with Crippen LogP contribution in [0.1, 0.15) is 23.1 Å². The molecule has 0 saturated heterocycles. The summed E-state index contributed by atoms with van der Waals surface area (Å²) in [6, 6.07) is 7.54. The first kappa shape index (κ1) is 18.0. The van der Waals surface area contributed by atoms with Crippen molar-refractivity contribution in [2.45, 2.75) is 19.4 Å². The first-order chi connectivity index (χ1) is 13.4. The maximum absolute atomic E-state index is 10.5. The van der Waals surface area contributed by atoms with E-state index in [2.05, 4.69) is 31.8 Å². The number of nitrogen functional groups attached to an aromatic ring is 1. The molecule has 0 amide bonds. The summed E-state index contributed by atoms with van der Waals surface area (Å²) < 4.78 is 0. The van der Waals surface area contributed by atoms with Gasteiger partial charge in [0.25, 0.3) is 0 Å². The molecule has 0 aliphatic heterocycles. The molecule has 0 saturated carbocycles. The van der Waals surface area contributed by atoms with Crippen molar-refractivity contribution in [3.05, 3.63) is 64.4 Å². The van der Waals surface area contributed by atoms with Crippen LogP contribution in [-0.2, 0) is 5.60 Å². The highest BCUT2D eigenvalue weighted by Gasteiger charge is 2.22. The third-order valence-electron chi connectivity index (χ3n) is 4.27. The second-order valence-corrected chi connectivity index (χ2v) is 7.42. The molecule has 4 aromatic rings. The van der Waals surface area contributed by atoms with Gasteiger partial charge in [0.2, 0.25) is 0 Å². The Balaban J connectivity index is 1.71. The molecule has 7 heteroatoms. The highest BCUT2D eigenvalue weighted by atomic mass is 32.1. The molecule has 3 aromatic heterocycles. The summed E-state index contributed by atoms with van der Waals surface area (Å²) in [6.07, 6.45) is 5.12. The number of hydrogen-bond donors (Lipinski definition) is 2. The number of rotatable bonds is 2. The molecule has 4 rings (SSSR count). The van der Waals surface area contributed by atoms with E-state index in [4.69, 9.17) is 5.73 Å². The van der Waals surface area contributed by atoms with Gasteiger partial charge < -0.3 is 10.8 Å². The van der Waals surface area contributed by atoms with Crippen LogP contribution in [0.5, 0.6) is 0 Å². The lowest BCUT2D eigenvalue weighted by Gasteiger charge is -2.12. The van der Waals surface area contributed by atoms with Gasteiger partial charge in [0, 0.05) is 40.5 Å². The van der Waals surface area contributed by atoms with Crippen molar-refractivity contribution in [1.82, 2.24) is 19.9 Å². The molecule has 1 aromatic carbocycles. The van der Waals surface area contributed by atoms with Crippen molar-refractivity contribution < 1.29 is 5.11 Å². The van der Waals surface area contributed by atoms with Crippen LogP contribution in [-0.4, -0.2) is 25.0 Å². The molecule has 28 heavy (non-hydrogen) atoms. The maximum Gasteiger partial charge on any atom is 0.174 e. The standard InChI is InChI=1S/C21H17N5OS/c1-13-11-24-18(22)17-16(13)12-25-19(26-17)15-5-3-4-14(10-15)6-7-21(2,27)20-23-8-9-28-20/h3-5,8-12,27H,1-2H3,(H2,22,24). The molecule has 0 bridgehead atoms. The summed E-state index contributed by atoms with van der Waals surface area (Å²) >= 11 is 1.37. The van der Waals surface area contributed by atoms with Crippen molar-refractivity contribution >= 4 is 28.1 Å². The zero-order valence-corrected chi connectivity index (χ0v) is 16.2. The van der Waals surface area contributed by atoms with Crippen molar-refractivity contribution in [2.75, 3.05) is 5.73 Å². The van der Waals surface area contributed by atoms with Gasteiger partial charge in [0.1, 0.15) is 16.3 Å². The Labute approximate surface area is 166 Å². The molecule has 0 radical (unpaired) electrons. The largest absolute Gasteiger partial charge is 0.382 e. The monoisotopic (exact) mass is 387 g/mol. The zero-order valence-electron chi connectivity index (χ0n) is 15.3. The number of nitrogens with zero attached hydrogens (tertiary/aromatic N) is 4. The lowest BCUT2D eigenvalue weighted by atomic mass is 10.1. The number of aromatic nitrogens is 4. The number of aliphatic hydroxyl groups is 1. The Morgan fingerprint density at radius 2 is 2.04 bits per heavy atom. The summed E-state index contributed by atoms with van der Waals surface area (Å²) in [6.45, 7) is 3.58. The normalized spacial score (nSPS) is 13.0. The average molecular weight is 387 g/mol. The second-order valence-electron chi connectivity index (χ2n) is 6.52. The Morgan fingerprint density at radius 1 is 1.18 bits per heavy atom. The number of thiazole rings is 1. The van der Waals surface area contributed by atoms with Crippen LogP contribution in [0.4, 0.5) is 5.82 Å². The van der Waals surface area contributed by atoms with Crippen LogP contribution >= 0.6 is 11.3 Å². The van der Waals surface area contributed by atoms with Crippen molar-refractivity contribution in [2.24, 2.45) is 0 Å². The van der Waals surface area contributed by atoms with Crippen LogP contribution in [0.3, 0.4) is 0 Å². The lowest BCUT2D eigenvalue weighted by molar-refractivity contribution is 0.122. The fourth-order valence-corrected chi connectivity index (χ4v) is 3.40. The number of anilines is 1. The molecule has 0 spiro atoms. The van der Waals surface area contributed by atoms with Crippen molar-refractivity contribution in [3.63, 3.8) is 0 Å². The van der Waals surface area contributed by atoms with E-state index in [1.54, 1.807) is 25.5 Å². The van der Waals surface area contributed by atoms with E-state index in [1.807, 2.05) is 36.6 Å². The molecule has 6 nitrogen and oxygen atoms in total.